The van der Waals surface area contributed by atoms with Crippen molar-refractivity contribution in [3.63, 3.8) is 0 Å². The van der Waals surface area contributed by atoms with Crippen molar-refractivity contribution in [1.82, 2.24) is 10.2 Å². The van der Waals surface area contributed by atoms with Gasteiger partial charge in [-0.1, -0.05) is 18.2 Å². The number of piperazine rings is 1. The van der Waals surface area contributed by atoms with Crippen molar-refractivity contribution in [2.75, 3.05) is 6.54 Å². The van der Waals surface area contributed by atoms with Crippen LogP contribution in [0.5, 0.6) is 5.75 Å². The Hall–Kier alpha value is -2.41. The molecule has 0 aromatic heterocycles. The predicted molar refractivity (Wildman–Crippen MR) is 65.3 cm³/mol. The minimum atomic E-state index is -1.95. The van der Waals surface area contributed by atoms with Gasteiger partial charge in [0.1, 0.15) is 12.3 Å². The van der Waals surface area contributed by atoms with Crippen LogP contribution in [0.25, 0.3) is 0 Å². The molecule has 0 radical (unpaired) electrons. The standard InChI is InChI=1S/C13H12N2O5/c1-7(16)15-6-10(17)14-13(12(15)19)11(18)8-4-2-3-5-9(8)20-13/h2-5,11,18H,6H2,1H3,(H,14,17)/t11-,13-/m1/s1. The van der Waals surface area contributed by atoms with Gasteiger partial charge in [0.25, 0.3) is 11.6 Å². The van der Waals surface area contributed by atoms with Gasteiger partial charge in [0.2, 0.25) is 11.8 Å². The van der Waals surface area contributed by atoms with Crippen LogP contribution in [0.1, 0.15) is 18.6 Å². The first kappa shape index (κ1) is 12.6. The van der Waals surface area contributed by atoms with Crippen molar-refractivity contribution in [2.45, 2.75) is 18.8 Å². The lowest BCUT2D eigenvalue weighted by molar-refractivity contribution is -0.176. The summed E-state index contributed by atoms with van der Waals surface area (Å²) in [5.41, 5.74) is -1.56. The second-order valence-electron chi connectivity index (χ2n) is 4.74. The first-order valence-corrected chi connectivity index (χ1v) is 6.05. The Balaban J connectivity index is 2.07. The number of rotatable bonds is 0. The highest BCUT2D eigenvalue weighted by molar-refractivity contribution is 6.07. The van der Waals surface area contributed by atoms with Crippen molar-refractivity contribution in [1.29, 1.82) is 0 Å². The van der Waals surface area contributed by atoms with E-state index in [1.807, 2.05) is 0 Å². The minimum Gasteiger partial charge on any atom is -0.455 e. The van der Waals surface area contributed by atoms with Crippen LogP contribution in [-0.2, 0) is 14.4 Å². The topological polar surface area (TPSA) is 95.9 Å². The van der Waals surface area contributed by atoms with E-state index in [1.165, 1.54) is 6.92 Å². The van der Waals surface area contributed by atoms with Gasteiger partial charge in [-0.25, -0.2) is 0 Å². The summed E-state index contributed by atoms with van der Waals surface area (Å²) >= 11 is 0. The fourth-order valence-corrected chi connectivity index (χ4v) is 2.47. The van der Waals surface area contributed by atoms with E-state index >= 15 is 0 Å². The predicted octanol–water partition coefficient (Wildman–Crippen LogP) is -0.686. The molecule has 0 bridgehead atoms. The molecule has 2 aliphatic heterocycles. The normalized spacial score (nSPS) is 28.1. The number of nitrogens with one attached hydrogen (secondary N) is 1. The molecule has 0 unspecified atom stereocenters. The number of nitrogens with zero attached hydrogens (tertiary/aromatic N) is 1. The molecular weight excluding hydrogens is 264 g/mol. The van der Waals surface area contributed by atoms with Crippen molar-refractivity contribution in [3.8, 4) is 5.75 Å². The molecule has 104 valence electrons. The fraction of sp³-hybridized carbons (Fsp3) is 0.308. The Morgan fingerprint density at radius 3 is 2.80 bits per heavy atom. The van der Waals surface area contributed by atoms with E-state index < -0.39 is 29.6 Å². The molecule has 7 heteroatoms. The third-order valence-electron chi connectivity index (χ3n) is 3.44. The molecule has 0 aliphatic carbocycles. The number of ether oxygens (including phenoxy) is 1. The zero-order chi connectivity index (χ0) is 14.5. The third kappa shape index (κ3) is 1.53. The average molecular weight is 276 g/mol. The number of para-hydroxylation sites is 1. The number of hydrogen-bond acceptors (Lipinski definition) is 5. The van der Waals surface area contributed by atoms with Gasteiger partial charge >= 0.3 is 0 Å². The van der Waals surface area contributed by atoms with Crippen LogP contribution >= 0.6 is 0 Å². The Labute approximate surface area is 114 Å². The fourth-order valence-electron chi connectivity index (χ4n) is 2.47. The van der Waals surface area contributed by atoms with Crippen molar-refractivity contribution in [3.05, 3.63) is 29.8 Å². The van der Waals surface area contributed by atoms with Crippen LogP contribution in [0.15, 0.2) is 24.3 Å². The van der Waals surface area contributed by atoms with E-state index in [4.69, 9.17) is 4.74 Å². The van der Waals surface area contributed by atoms with Gasteiger partial charge < -0.3 is 15.2 Å². The monoisotopic (exact) mass is 276 g/mol. The van der Waals surface area contributed by atoms with E-state index in [9.17, 15) is 19.5 Å². The number of amides is 3. The Morgan fingerprint density at radius 2 is 2.15 bits per heavy atom. The van der Waals surface area contributed by atoms with E-state index in [0.717, 1.165) is 4.90 Å². The zero-order valence-corrected chi connectivity index (χ0v) is 10.6. The summed E-state index contributed by atoms with van der Waals surface area (Å²) in [7, 11) is 0. The summed E-state index contributed by atoms with van der Waals surface area (Å²) in [5, 5.41) is 12.7. The highest BCUT2D eigenvalue weighted by atomic mass is 16.5. The summed E-state index contributed by atoms with van der Waals surface area (Å²) in [6.07, 6.45) is -1.36. The summed E-state index contributed by atoms with van der Waals surface area (Å²) in [5.74, 6) is -1.60. The van der Waals surface area contributed by atoms with Gasteiger partial charge in [-0.15, -0.1) is 0 Å². The smallest absolute Gasteiger partial charge is 0.298 e. The SMILES string of the molecule is CC(=O)N1CC(=O)N[C@]2(Oc3ccccc3[C@H]2O)C1=O. The molecular formula is C13H12N2O5. The molecule has 0 saturated carbocycles. The molecule has 7 nitrogen and oxygen atoms in total. The molecule has 2 atom stereocenters. The Bertz CT molecular complexity index is 629. The second kappa shape index (κ2) is 4.04. The highest BCUT2D eigenvalue weighted by Crippen LogP contribution is 2.43. The average Bonchev–Trinajstić information content (AvgIpc) is 2.68. The molecule has 3 rings (SSSR count). The third-order valence-corrected chi connectivity index (χ3v) is 3.44. The lowest BCUT2D eigenvalue weighted by Gasteiger charge is -2.38. The minimum absolute atomic E-state index is 0.305. The molecule has 1 spiro atoms. The van der Waals surface area contributed by atoms with Crippen LogP contribution in [-0.4, -0.2) is 40.0 Å². The van der Waals surface area contributed by atoms with E-state index in [-0.39, 0.29) is 6.54 Å². The van der Waals surface area contributed by atoms with E-state index in [2.05, 4.69) is 5.32 Å². The van der Waals surface area contributed by atoms with Gasteiger partial charge in [0.05, 0.1) is 0 Å². The summed E-state index contributed by atoms with van der Waals surface area (Å²) in [6.45, 7) is 0.807. The van der Waals surface area contributed by atoms with Crippen LogP contribution in [0.4, 0.5) is 0 Å². The van der Waals surface area contributed by atoms with Crippen LogP contribution < -0.4 is 10.1 Å². The lowest BCUT2D eigenvalue weighted by Crippen LogP contribution is -2.71. The Morgan fingerprint density at radius 1 is 1.45 bits per heavy atom. The quantitative estimate of drug-likeness (QED) is 0.654. The molecule has 2 N–H and O–H groups in total. The summed E-state index contributed by atoms with van der Waals surface area (Å²) < 4.78 is 5.49. The first-order chi connectivity index (χ1) is 9.45. The van der Waals surface area contributed by atoms with Gasteiger partial charge in [-0.2, -0.15) is 0 Å². The molecule has 3 amide bonds. The van der Waals surface area contributed by atoms with Crippen molar-refractivity contribution < 1.29 is 24.2 Å². The van der Waals surface area contributed by atoms with E-state index in [1.54, 1.807) is 24.3 Å². The molecule has 1 aromatic rings. The van der Waals surface area contributed by atoms with Gasteiger partial charge in [-0.3, -0.25) is 19.3 Å². The first-order valence-electron chi connectivity index (χ1n) is 6.05. The molecule has 2 aliphatic rings. The number of aliphatic hydroxyl groups excluding tert-OH is 1. The summed E-state index contributed by atoms with van der Waals surface area (Å²) in [6, 6.07) is 6.55. The van der Waals surface area contributed by atoms with Crippen LogP contribution in [0.3, 0.4) is 0 Å². The number of hydrogen-bond donors (Lipinski definition) is 2. The van der Waals surface area contributed by atoms with Crippen LogP contribution in [0.2, 0.25) is 0 Å². The maximum Gasteiger partial charge on any atom is 0.298 e. The second-order valence-corrected chi connectivity index (χ2v) is 4.74. The van der Waals surface area contributed by atoms with Gasteiger partial charge in [0, 0.05) is 12.5 Å². The molecule has 20 heavy (non-hydrogen) atoms. The van der Waals surface area contributed by atoms with E-state index in [0.29, 0.717) is 11.3 Å². The largest absolute Gasteiger partial charge is 0.455 e. The number of carbonyl (C=O) groups excluding carboxylic acids is 3. The number of benzene rings is 1. The maximum atomic E-state index is 12.4. The zero-order valence-electron chi connectivity index (χ0n) is 10.6. The van der Waals surface area contributed by atoms with Crippen LogP contribution in [0, 0.1) is 0 Å². The number of imide groups is 1. The number of fused-ring (bicyclic) bond motifs is 1. The maximum absolute atomic E-state index is 12.4. The Kier molecular flexibility index (Phi) is 2.55. The molecule has 1 saturated heterocycles. The number of carbonyl (C=O) groups is 3. The number of aliphatic hydroxyl groups is 1. The molecule has 1 fully saturated rings. The highest BCUT2D eigenvalue weighted by Gasteiger charge is 2.59. The molecule has 2 heterocycles. The van der Waals surface area contributed by atoms with Gasteiger partial charge in [0.15, 0.2) is 6.10 Å². The van der Waals surface area contributed by atoms with Crippen molar-refractivity contribution >= 4 is 17.7 Å². The molecule has 1 aromatic carbocycles. The van der Waals surface area contributed by atoms with Crippen molar-refractivity contribution in [2.24, 2.45) is 0 Å². The van der Waals surface area contributed by atoms with Gasteiger partial charge in [-0.05, 0) is 6.07 Å². The summed E-state index contributed by atoms with van der Waals surface area (Å²) in [4.78, 5) is 36.4. The lowest BCUT2D eigenvalue weighted by atomic mass is 9.98.